The summed E-state index contributed by atoms with van der Waals surface area (Å²) in [5.74, 6) is 0.499. The van der Waals surface area contributed by atoms with Crippen LogP contribution in [0.1, 0.15) is 36.0 Å². The van der Waals surface area contributed by atoms with E-state index >= 15 is 0 Å². The van der Waals surface area contributed by atoms with Gasteiger partial charge in [0.15, 0.2) is 5.69 Å². The second-order valence-electron chi connectivity index (χ2n) is 5.66. The standard InChI is InChI=1S/C14H17F3N4O/c1-20-9-12(14(15,16)17)18-13(20)10-3-2-5-21(7-10)8-11-4-6-22-19-11/h4,6,9-10H,2-3,5,7-8H2,1H3. The first-order valence-electron chi connectivity index (χ1n) is 7.15. The van der Waals surface area contributed by atoms with Crippen molar-refractivity contribution in [3.8, 4) is 0 Å². The van der Waals surface area contributed by atoms with Crippen molar-refractivity contribution in [2.75, 3.05) is 13.1 Å². The third-order valence-corrected chi connectivity index (χ3v) is 3.95. The Morgan fingerprint density at radius 1 is 1.41 bits per heavy atom. The van der Waals surface area contributed by atoms with E-state index < -0.39 is 11.9 Å². The van der Waals surface area contributed by atoms with Gasteiger partial charge in [0, 0.05) is 38.3 Å². The lowest BCUT2D eigenvalue weighted by atomic mass is 9.97. The SMILES string of the molecule is Cn1cc(C(F)(F)F)nc1C1CCCN(Cc2ccon2)C1. The van der Waals surface area contributed by atoms with Crippen LogP contribution in [0.2, 0.25) is 0 Å². The van der Waals surface area contributed by atoms with Crippen LogP contribution >= 0.6 is 0 Å². The van der Waals surface area contributed by atoms with Crippen LogP contribution in [0.3, 0.4) is 0 Å². The molecule has 120 valence electrons. The van der Waals surface area contributed by atoms with Gasteiger partial charge in [0.05, 0.1) is 5.69 Å². The molecule has 0 N–H and O–H groups in total. The van der Waals surface area contributed by atoms with Crippen molar-refractivity contribution in [1.82, 2.24) is 19.6 Å². The van der Waals surface area contributed by atoms with Crippen molar-refractivity contribution in [2.24, 2.45) is 7.05 Å². The fraction of sp³-hybridized carbons (Fsp3) is 0.571. The smallest absolute Gasteiger partial charge is 0.364 e. The van der Waals surface area contributed by atoms with E-state index in [2.05, 4.69) is 15.0 Å². The predicted octanol–water partition coefficient (Wildman–Crippen LogP) is 2.81. The van der Waals surface area contributed by atoms with Crippen molar-refractivity contribution < 1.29 is 17.7 Å². The lowest BCUT2D eigenvalue weighted by Crippen LogP contribution is -2.34. The first kappa shape index (κ1) is 15.1. The van der Waals surface area contributed by atoms with E-state index in [1.165, 1.54) is 10.8 Å². The predicted molar refractivity (Wildman–Crippen MR) is 72.0 cm³/mol. The molecule has 1 aliphatic rings. The quantitative estimate of drug-likeness (QED) is 0.874. The lowest BCUT2D eigenvalue weighted by Gasteiger charge is -2.31. The molecule has 1 unspecified atom stereocenters. The number of hydrogen-bond acceptors (Lipinski definition) is 4. The van der Waals surface area contributed by atoms with Gasteiger partial charge in [0.25, 0.3) is 0 Å². The first-order valence-corrected chi connectivity index (χ1v) is 7.15. The number of aryl methyl sites for hydroxylation is 1. The molecule has 8 heteroatoms. The number of piperidine rings is 1. The Balaban J connectivity index is 1.73. The van der Waals surface area contributed by atoms with E-state index in [-0.39, 0.29) is 5.92 Å². The maximum absolute atomic E-state index is 12.8. The molecule has 2 aromatic rings. The van der Waals surface area contributed by atoms with E-state index in [0.717, 1.165) is 31.3 Å². The van der Waals surface area contributed by atoms with Crippen LogP contribution in [0, 0.1) is 0 Å². The Bertz CT molecular complexity index is 621. The second kappa shape index (κ2) is 5.75. The molecule has 5 nitrogen and oxygen atoms in total. The molecule has 22 heavy (non-hydrogen) atoms. The zero-order valence-electron chi connectivity index (χ0n) is 12.2. The van der Waals surface area contributed by atoms with E-state index in [0.29, 0.717) is 18.9 Å². The van der Waals surface area contributed by atoms with Crippen molar-refractivity contribution in [3.63, 3.8) is 0 Å². The second-order valence-corrected chi connectivity index (χ2v) is 5.66. The summed E-state index contributed by atoms with van der Waals surface area (Å²) in [7, 11) is 1.62. The third kappa shape index (κ3) is 3.16. The van der Waals surface area contributed by atoms with Gasteiger partial charge >= 0.3 is 6.18 Å². The van der Waals surface area contributed by atoms with Crippen molar-refractivity contribution >= 4 is 0 Å². The molecule has 1 atom stereocenters. The summed E-state index contributed by atoms with van der Waals surface area (Å²) in [5.41, 5.74) is 0.00935. The normalized spacial score (nSPS) is 20.5. The minimum absolute atomic E-state index is 0.00162. The van der Waals surface area contributed by atoms with Crippen LogP contribution < -0.4 is 0 Å². The number of rotatable bonds is 3. The molecule has 0 bridgehead atoms. The molecule has 0 aliphatic carbocycles. The molecule has 0 amide bonds. The van der Waals surface area contributed by atoms with Crippen LogP contribution in [0.15, 0.2) is 23.0 Å². The number of alkyl halides is 3. The Morgan fingerprint density at radius 3 is 2.86 bits per heavy atom. The highest BCUT2D eigenvalue weighted by molar-refractivity contribution is 5.12. The van der Waals surface area contributed by atoms with Gasteiger partial charge in [0.2, 0.25) is 0 Å². The third-order valence-electron chi connectivity index (χ3n) is 3.95. The molecule has 0 spiro atoms. The van der Waals surface area contributed by atoms with Crippen LogP contribution in [0.25, 0.3) is 0 Å². The maximum atomic E-state index is 12.8. The Morgan fingerprint density at radius 2 is 2.23 bits per heavy atom. The fourth-order valence-corrected chi connectivity index (χ4v) is 2.95. The monoisotopic (exact) mass is 314 g/mol. The average Bonchev–Trinajstić information content (AvgIpc) is 3.08. The summed E-state index contributed by atoms with van der Waals surface area (Å²) in [6.07, 6.45) is -0.0453. The summed E-state index contributed by atoms with van der Waals surface area (Å²) in [4.78, 5) is 5.99. The Labute approximate surface area is 125 Å². The van der Waals surface area contributed by atoms with E-state index in [4.69, 9.17) is 4.52 Å². The molecule has 0 saturated carbocycles. The van der Waals surface area contributed by atoms with Gasteiger partial charge in [-0.1, -0.05) is 5.16 Å². The van der Waals surface area contributed by atoms with Gasteiger partial charge in [-0.25, -0.2) is 4.98 Å². The highest BCUT2D eigenvalue weighted by atomic mass is 19.4. The summed E-state index contributed by atoms with van der Waals surface area (Å²) in [6, 6.07) is 1.80. The summed E-state index contributed by atoms with van der Waals surface area (Å²) in [5, 5.41) is 3.88. The van der Waals surface area contributed by atoms with Crippen molar-refractivity contribution in [3.05, 3.63) is 35.7 Å². The molecule has 3 heterocycles. The molecule has 0 aromatic carbocycles. The van der Waals surface area contributed by atoms with E-state index in [1.54, 1.807) is 13.1 Å². The lowest BCUT2D eigenvalue weighted by molar-refractivity contribution is -0.141. The summed E-state index contributed by atoms with van der Waals surface area (Å²) >= 11 is 0. The van der Waals surface area contributed by atoms with Gasteiger partial charge in [0.1, 0.15) is 12.1 Å². The van der Waals surface area contributed by atoms with Crippen LogP contribution in [-0.4, -0.2) is 32.7 Å². The van der Waals surface area contributed by atoms with Gasteiger partial charge in [-0.3, -0.25) is 4.90 Å². The van der Waals surface area contributed by atoms with Crippen LogP contribution in [0.4, 0.5) is 13.2 Å². The number of nitrogens with zero attached hydrogens (tertiary/aromatic N) is 4. The zero-order chi connectivity index (χ0) is 15.7. The van der Waals surface area contributed by atoms with Crippen LogP contribution in [0.5, 0.6) is 0 Å². The molecular formula is C14H17F3N4O. The minimum Gasteiger partial charge on any atom is -0.364 e. The highest BCUT2D eigenvalue weighted by Crippen LogP contribution is 2.32. The number of likely N-dealkylation sites (tertiary alicyclic amines) is 1. The molecule has 3 rings (SSSR count). The van der Waals surface area contributed by atoms with E-state index in [1.807, 2.05) is 0 Å². The van der Waals surface area contributed by atoms with Gasteiger partial charge < -0.3 is 9.09 Å². The Kier molecular flexibility index (Phi) is 3.94. The average molecular weight is 314 g/mol. The van der Waals surface area contributed by atoms with Crippen molar-refractivity contribution in [1.29, 1.82) is 0 Å². The molecule has 1 fully saturated rings. The van der Waals surface area contributed by atoms with Gasteiger partial charge in [-0.15, -0.1) is 0 Å². The summed E-state index contributed by atoms with van der Waals surface area (Å²) < 4.78 is 44.6. The minimum atomic E-state index is -4.40. The zero-order valence-corrected chi connectivity index (χ0v) is 12.2. The Hall–Kier alpha value is -1.83. The molecule has 0 radical (unpaired) electrons. The number of hydrogen-bond donors (Lipinski definition) is 0. The van der Waals surface area contributed by atoms with Gasteiger partial charge in [-0.2, -0.15) is 13.2 Å². The number of halogens is 3. The number of imidazole rings is 1. The molecule has 1 aliphatic heterocycles. The van der Waals surface area contributed by atoms with Gasteiger partial charge in [-0.05, 0) is 19.4 Å². The highest BCUT2D eigenvalue weighted by Gasteiger charge is 2.36. The fourth-order valence-electron chi connectivity index (χ4n) is 2.95. The van der Waals surface area contributed by atoms with E-state index in [9.17, 15) is 13.2 Å². The maximum Gasteiger partial charge on any atom is 0.434 e. The molecule has 2 aromatic heterocycles. The van der Waals surface area contributed by atoms with Crippen molar-refractivity contribution in [2.45, 2.75) is 31.5 Å². The number of aromatic nitrogens is 3. The summed E-state index contributed by atoms with van der Waals surface area (Å²) in [6.45, 7) is 2.22. The molecule has 1 saturated heterocycles. The topological polar surface area (TPSA) is 47.1 Å². The molecular weight excluding hydrogens is 297 g/mol. The largest absolute Gasteiger partial charge is 0.434 e. The van der Waals surface area contributed by atoms with Crippen LogP contribution in [-0.2, 0) is 19.8 Å². The first-order chi connectivity index (χ1) is 10.4.